The predicted octanol–water partition coefficient (Wildman–Crippen LogP) is 4.26. The third-order valence-corrected chi connectivity index (χ3v) is 4.18. The summed E-state index contributed by atoms with van der Waals surface area (Å²) in [7, 11) is 0. The molecule has 124 valence electrons. The van der Waals surface area contributed by atoms with Crippen LogP contribution in [-0.4, -0.2) is 15.9 Å². The van der Waals surface area contributed by atoms with E-state index >= 15 is 0 Å². The molecular weight excluding hydrogens is 324 g/mol. The minimum Gasteiger partial charge on any atom is -0.361 e. The number of nitriles is 1. The van der Waals surface area contributed by atoms with Crippen LogP contribution in [0, 0.1) is 11.3 Å². The molecule has 2 aromatic heterocycles. The Morgan fingerprint density at radius 2 is 1.92 bits per heavy atom. The molecule has 4 aromatic rings. The quantitative estimate of drug-likeness (QED) is 0.432. The lowest BCUT2D eigenvalue weighted by molar-refractivity contribution is -0.112. The first-order chi connectivity index (χ1) is 12.8. The van der Waals surface area contributed by atoms with Gasteiger partial charge in [-0.1, -0.05) is 24.3 Å². The normalized spacial score (nSPS) is 11.4. The number of pyridine rings is 1. The molecule has 2 aromatic carbocycles. The molecule has 4 rings (SSSR count). The maximum Gasteiger partial charge on any atom is 0.266 e. The van der Waals surface area contributed by atoms with E-state index in [0.29, 0.717) is 5.69 Å². The fourth-order valence-electron chi connectivity index (χ4n) is 2.92. The van der Waals surface area contributed by atoms with Crippen LogP contribution in [0.3, 0.4) is 0 Å². The standard InChI is InChI=1S/C21H14N4O/c22-12-14(11-15-13-24-18-7-2-1-5-16(15)18)21(26)25-20-9-3-8-19-17(20)6-4-10-23-19/h1-11,13,24H,(H,25,26)/b14-11-. The van der Waals surface area contributed by atoms with Crippen molar-refractivity contribution in [1.29, 1.82) is 5.26 Å². The number of carbonyl (C=O) groups is 1. The van der Waals surface area contributed by atoms with Gasteiger partial charge in [0.2, 0.25) is 0 Å². The summed E-state index contributed by atoms with van der Waals surface area (Å²) in [6.45, 7) is 0. The number of amides is 1. The molecule has 26 heavy (non-hydrogen) atoms. The molecule has 2 heterocycles. The Morgan fingerprint density at radius 3 is 2.81 bits per heavy atom. The van der Waals surface area contributed by atoms with Crippen LogP contribution in [0.1, 0.15) is 5.56 Å². The first-order valence-electron chi connectivity index (χ1n) is 8.09. The van der Waals surface area contributed by atoms with Crippen molar-refractivity contribution < 1.29 is 4.79 Å². The summed E-state index contributed by atoms with van der Waals surface area (Å²) in [6.07, 6.45) is 5.08. The van der Waals surface area contributed by atoms with Crippen LogP contribution in [0.25, 0.3) is 27.9 Å². The number of aromatic amines is 1. The van der Waals surface area contributed by atoms with Crippen LogP contribution < -0.4 is 5.32 Å². The van der Waals surface area contributed by atoms with E-state index in [0.717, 1.165) is 27.4 Å². The Hall–Kier alpha value is -3.91. The lowest BCUT2D eigenvalue weighted by Gasteiger charge is -2.07. The SMILES string of the molecule is N#C/C(=C/c1c[nH]c2ccccc12)C(=O)Nc1cccc2ncccc12. The number of H-pyrrole nitrogens is 1. The zero-order chi connectivity index (χ0) is 17.9. The van der Waals surface area contributed by atoms with Crippen LogP contribution >= 0.6 is 0 Å². The highest BCUT2D eigenvalue weighted by molar-refractivity contribution is 6.13. The van der Waals surface area contributed by atoms with Gasteiger partial charge >= 0.3 is 0 Å². The summed E-state index contributed by atoms with van der Waals surface area (Å²) in [5.74, 6) is -0.450. The lowest BCUT2D eigenvalue weighted by Crippen LogP contribution is -2.13. The fraction of sp³-hybridized carbons (Fsp3) is 0. The molecule has 0 aliphatic carbocycles. The van der Waals surface area contributed by atoms with Crippen molar-refractivity contribution >= 4 is 39.5 Å². The lowest BCUT2D eigenvalue weighted by atomic mass is 10.1. The number of nitrogens with zero attached hydrogens (tertiary/aromatic N) is 2. The van der Waals surface area contributed by atoms with Gasteiger partial charge in [-0.25, -0.2) is 0 Å². The van der Waals surface area contributed by atoms with E-state index in [1.54, 1.807) is 24.5 Å². The van der Waals surface area contributed by atoms with Crippen LogP contribution in [-0.2, 0) is 4.79 Å². The fourth-order valence-corrected chi connectivity index (χ4v) is 2.92. The molecule has 0 aliphatic rings. The second-order valence-electron chi connectivity index (χ2n) is 5.79. The van der Waals surface area contributed by atoms with Gasteiger partial charge in [-0.05, 0) is 36.4 Å². The smallest absolute Gasteiger partial charge is 0.266 e. The van der Waals surface area contributed by atoms with E-state index < -0.39 is 5.91 Å². The Labute approximate surface area is 149 Å². The number of carbonyl (C=O) groups excluding carboxylic acids is 1. The van der Waals surface area contributed by atoms with E-state index in [1.165, 1.54) is 0 Å². The third kappa shape index (κ3) is 2.80. The zero-order valence-electron chi connectivity index (χ0n) is 13.7. The molecule has 1 amide bonds. The molecular formula is C21H14N4O. The first kappa shape index (κ1) is 15.6. The second-order valence-corrected chi connectivity index (χ2v) is 5.79. The number of para-hydroxylation sites is 1. The van der Waals surface area contributed by atoms with E-state index in [4.69, 9.17) is 0 Å². The van der Waals surface area contributed by atoms with Crippen LogP contribution in [0.5, 0.6) is 0 Å². The van der Waals surface area contributed by atoms with E-state index in [1.807, 2.05) is 54.6 Å². The van der Waals surface area contributed by atoms with Gasteiger partial charge in [0, 0.05) is 34.2 Å². The van der Waals surface area contributed by atoms with Gasteiger partial charge in [-0.3, -0.25) is 9.78 Å². The predicted molar refractivity (Wildman–Crippen MR) is 102 cm³/mol. The number of benzene rings is 2. The van der Waals surface area contributed by atoms with Crippen LogP contribution in [0.4, 0.5) is 5.69 Å². The Bertz CT molecular complexity index is 1190. The topological polar surface area (TPSA) is 81.6 Å². The van der Waals surface area contributed by atoms with Gasteiger partial charge in [0.25, 0.3) is 5.91 Å². The summed E-state index contributed by atoms with van der Waals surface area (Å²) in [5.41, 5.74) is 3.20. The van der Waals surface area contributed by atoms with Gasteiger partial charge in [-0.15, -0.1) is 0 Å². The van der Waals surface area contributed by atoms with E-state index in [9.17, 15) is 10.1 Å². The summed E-state index contributed by atoms with van der Waals surface area (Å²) < 4.78 is 0. The van der Waals surface area contributed by atoms with Gasteiger partial charge in [-0.2, -0.15) is 5.26 Å². The largest absolute Gasteiger partial charge is 0.361 e. The first-order valence-corrected chi connectivity index (χ1v) is 8.09. The molecule has 0 aliphatic heterocycles. The molecule has 0 bridgehead atoms. The van der Waals surface area contributed by atoms with Crippen molar-refractivity contribution in [2.45, 2.75) is 0 Å². The molecule has 0 unspecified atom stereocenters. The second kappa shape index (κ2) is 6.54. The van der Waals surface area contributed by atoms with Gasteiger partial charge in [0.1, 0.15) is 11.6 Å². The number of rotatable bonds is 3. The summed E-state index contributed by atoms with van der Waals surface area (Å²) in [5, 5.41) is 14.1. The molecule has 5 heteroatoms. The van der Waals surface area contributed by atoms with Crippen molar-refractivity contribution in [2.75, 3.05) is 5.32 Å². The monoisotopic (exact) mass is 338 g/mol. The number of nitrogens with one attached hydrogen (secondary N) is 2. The summed E-state index contributed by atoms with van der Waals surface area (Å²) >= 11 is 0. The number of hydrogen-bond donors (Lipinski definition) is 2. The van der Waals surface area contributed by atoms with Gasteiger partial charge in [0.15, 0.2) is 0 Å². The molecule has 0 spiro atoms. The molecule has 0 saturated carbocycles. The number of hydrogen-bond acceptors (Lipinski definition) is 3. The van der Waals surface area contributed by atoms with E-state index in [2.05, 4.69) is 15.3 Å². The number of aromatic nitrogens is 2. The van der Waals surface area contributed by atoms with Crippen molar-refractivity contribution in [2.24, 2.45) is 0 Å². The van der Waals surface area contributed by atoms with Crippen LogP contribution in [0.2, 0.25) is 0 Å². The Balaban J connectivity index is 1.69. The third-order valence-electron chi connectivity index (χ3n) is 4.18. The molecule has 0 fully saturated rings. The zero-order valence-corrected chi connectivity index (χ0v) is 13.7. The number of anilines is 1. The maximum atomic E-state index is 12.6. The van der Waals surface area contributed by atoms with E-state index in [-0.39, 0.29) is 5.57 Å². The minimum atomic E-state index is -0.450. The molecule has 0 saturated heterocycles. The molecule has 0 radical (unpaired) electrons. The highest BCUT2D eigenvalue weighted by Gasteiger charge is 2.12. The number of fused-ring (bicyclic) bond motifs is 2. The highest BCUT2D eigenvalue weighted by atomic mass is 16.1. The Morgan fingerprint density at radius 1 is 1.08 bits per heavy atom. The minimum absolute atomic E-state index is 0.0376. The van der Waals surface area contributed by atoms with Gasteiger partial charge < -0.3 is 10.3 Å². The average molecular weight is 338 g/mol. The van der Waals surface area contributed by atoms with Crippen molar-refractivity contribution in [1.82, 2.24) is 9.97 Å². The summed E-state index contributed by atoms with van der Waals surface area (Å²) in [6, 6.07) is 18.9. The van der Waals surface area contributed by atoms with Crippen molar-refractivity contribution in [3.05, 3.63) is 78.1 Å². The molecule has 5 nitrogen and oxygen atoms in total. The van der Waals surface area contributed by atoms with Crippen molar-refractivity contribution in [3.63, 3.8) is 0 Å². The molecule has 0 atom stereocenters. The Kier molecular flexibility index (Phi) is 3.92. The maximum absolute atomic E-state index is 12.6. The van der Waals surface area contributed by atoms with Crippen LogP contribution in [0.15, 0.2) is 72.6 Å². The average Bonchev–Trinajstić information content (AvgIpc) is 3.09. The molecule has 2 N–H and O–H groups in total. The van der Waals surface area contributed by atoms with Gasteiger partial charge in [0.05, 0.1) is 11.2 Å². The highest BCUT2D eigenvalue weighted by Crippen LogP contribution is 2.23. The summed E-state index contributed by atoms with van der Waals surface area (Å²) in [4.78, 5) is 20.0. The van der Waals surface area contributed by atoms with Crippen molar-refractivity contribution in [3.8, 4) is 6.07 Å².